The van der Waals surface area contributed by atoms with Gasteiger partial charge in [0.15, 0.2) is 0 Å². The molecule has 0 fully saturated rings. The second-order valence-corrected chi connectivity index (χ2v) is 6.44. The molecule has 0 aliphatic carbocycles. The number of carbonyl (C=O) groups excluding carboxylic acids is 2. The van der Waals surface area contributed by atoms with Crippen LogP contribution in [0, 0.1) is 0 Å². The number of para-hydroxylation sites is 1. The fourth-order valence-corrected chi connectivity index (χ4v) is 3.93. The number of aromatic nitrogens is 2. The molecule has 4 N–H and O–H groups in total. The molecule has 27 heavy (non-hydrogen) atoms. The number of esters is 1. The third-order valence-corrected chi connectivity index (χ3v) is 4.91. The molecule has 1 amide bonds. The highest BCUT2D eigenvalue weighted by Crippen LogP contribution is 2.54. The number of carbonyl (C=O) groups is 2. The largest absolute Gasteiger partial charge is 0.462 e. The van der Waals surface area contributed by atoms with E-state index in [1.807, 2.05) is 19.1 Å². The summed E-state index contributed by atoms with van der Waals surface area (Å²) in [5, 5.41) is 10.0. The molecule has 0 saturated heterocycles. The van der Waals surface area contributed by atoms with Gasteiger partial charge in [-0.3, -0.25) is 9.89 Å². The number of ether oxygens (including phenoxy) is 2. The van der Waals surface area contributed by atoms with Gasteiger partial charge in [0.05, 0.1) is 12.2 Å². The van der Waals surface area contributed by atoms with Crippen molar-refractivity contribution >= 4 is 17.6 Å². The van der Waals surface area contributed by atoms with Crippen molar-refractivity contribution in [1.29, 1.82) is 0 Å². The first-order valence-corrected chi connectivity index (χ1v) is 8.89. The molecular formula is C19H20N4O4. The topological polar surface area (TPSA) is 119 Å². The maximum absolute atomic E-state index is 13.4. The van der Waals surface area contributed by atoms with E-state index in [4.69, 9.17) is 15.2 Å². The highest BCUT2D eigenvalue weighted by atomic mass is 16.5. The average molecular weight is 368 g/mol. The maximum Gasteiger partial charge on any atom is 0.341 e. The fourth-order valence-electron chi connectivity index (χ4n) is 3.93. The minimum Gasteiger partial charge on any atom is -0.462 e. The minimum absolute atomic E-state index is 0.0157. The highest BCUT2D eigenvalue weighted by Gasteiger charge is 2.60. The Bertz CT molecular complexity index is 978. The molecule has 1 aromatic carbocycles. The van der Waals surface area contributed by atoms with Crippen molar-refractivity contribution in [3.8, 4) is 5.88 Å². The van der Waals surface area contributed by atoms with Crippen LogP contribution in [0.4, 0.5) is 5.69 Å². The molecule has 1 atom stereocenters. The molecule has 1 spiro atoms. The van der Waals surface area contributed by atoms with Crippen molar-refractivity contribution in [3.05, 3.63) is 52.5 Å². The number of benzene rings is 1. The molecule has 0 saturated carbocycles. The molecule has 1 unspecified atom stereocenters. The summed E-state index contributed by atoms with van der Waals surface area (Å²) in [6.45, 7) is 3.86. The number of hydrogen-bond acceptors (Lipinski definition) is 6. The van der Waals surface area contributed by atoms with Gasteiger partial charge >= 0.3 is 5.97 Å². The molecule has 8 heteroatoms. The zero-order valence-corrected chi connectivity index (χ0v) is 15.1. The summed E-state index contributed by atoms with van der Waals surface area (Å²) in [6.07, 6.45) is 1.46. The van der Waals surface area contributed by atoms with Crippen LogP contribution in [0.1, 0.15) is 37.1 Å². The van der Waals surface area contributed by atoms with E-state index in [2.05, 4.69) is 15.5 Å². The summed E-state index contributed by atoms with van der Waals surface area (Å²) < 4.78 is 10.8. The van der Waals surface area contributed by atoms with Crippen LogP contribution < -0.4 is 15.8 Å². The Kier molecular flexibility index (Phi) is 3.91. The molecule has 0 radical (unpaired) electrons. The minimum atomic E-state index is -1.46. The van der Waals surface area contributed by atoms with Gasteiger partial charge in [-0.2, -0.15) is 0 Å². The van der Waals surface area contributed by atoms with E-state index in [0.29, 0.717) is 23.2 Å². The van der Waals surface area contributed by atoms with E-state index in [1.54, 1.807) is 19.1 Å². The normalized spacial score (nSPS) is 20.1. The number of nitrogens with zero attached hydrogens (tertiary/aromatic N) is 1. The van der Waals surface area contributed by atoms with Gasteiger partial charge in [0, 0.05) is 16.9 Å². The third-order valence-electron chi connectivity index (χ3n) is 4.91. The number of nitrogens with two attached hydrogens (primary N) is 1. The molecule has 2 aliphatic heterocycles. The number of amides is 1. The highest BCUT2D eigenvalue weighted by molar-refractivity contribution is 6.17. The standard InChI is InChI=1S/C19H20N4O4/c1-3-7-12-13-16(23-22-12)27-15(20)14(17(24)26-4-2)19(13)10-8-5-6-9-11(10)21-18(19)25/h5-6,8-9H,3-4,7,20H2,1-2H3,(H,21,25)(H,22,23). The number of rotatable bonds is 4. The zero-order valence-electron chi connectivity index (χ0n) is 15.1. The van der Waals surface area contributed by atoms with E-state index in [9.17, 15) is 9.59 Å². The van der Waals surface area contributed by atoms with Gasteiger partial charge in [0.2, 0.25) is 17.7 Å². The first-order chi connectivity index (χ1) is 13.1. The Morgan fingerprint density at radius 3 is 2.85 bits per heavy atom. The van der Waals surface area contributed by atoms with Gasteiger partial charge in [-0.25, -0.2) is 4.79 Å². The van der Waals surface area contributed by atoms with Crippen molar-refractivity contribution in [2.45, 2.75) is 32.1 Å². The molecule has 2 aromatic rings. The van der Waals surface area contributed by atoms with Crippen molar-refractivity contribution in [3.63, 3.8) is 0 Å². The van der Waals surface area contributed by atoms with Gasteiger partial charge in [0.25, 0.3) is 0 Å². The van der Waals surface area contributed by atoms with Crippen molar-refractivity contribution < 1.29 is 19.1 Å². The molecule has 1 aromatic heterocycles. The Labute approximate surface area is 155 Å². The van der Waals surface area contributed by atoms with Crippen LogP contribution in [-0.4, -0.2) is 28.7 Å². The van der Waals surface area contributed by atoms with Crippen molar-refractivity contribution in [2.24, 2.45) is 5.73 Å². The third kappa shape index (κ3) is 2.19. The quantitative estimate of drug-likeness (QED) is 0.707. The number of hydrogen-bond donors (Lipinski definition) is 3. The Morgan fingerprint density at radius 1 is 1.33 bits per heavy atom. The Hall–Kier alpha value is -3.29. The summed E-state index contributed by atoms with van der Waals surface area (Å²) in [7, 11) is 0. The number of aromatic amines is 1. The van der Waals surface area contributed by atoms with Crippen LogP contribution in [-0.2, 0) is 26.2 Å². The van der Waals surface area contributed by atoms with Crippen LogP contribution in [0.15, 0.2) is 35.7 Å². The molecule has 3 heterocycles. The number of anilines is 1. The number of aryl methyl sites for hydroxylation is 1. The van der Waals surface area contributed by atoms with Crippen LogP contribution in [0.25, 0.3) is 0 Å². The van der Waals surface area contributed by atoms with Crippen molar-refractivity contribution in [2.75, 3.05) is 11.9 Å². The second kappa shape index (κ2) is 6.15. The summed E-state index contributed by atoms with van der Waals surface area (Å²) in [5.74, 6) is -1.03. The SMILES string of the molecule is CCCc1[nH]nc2c1C1(C(=O)Nc3ccccc31)C(C(=O)OCC)=C(N)O2. The first kappa shape index (κ1) is 17.1. The average Bonchev–Trinajstić information content (AvgIpc) is 3.16. The molecule has 140 valence electrons. The van der Waals surface area contributed by atoms with Gasteiger partial charge in [-0.1, -0.05) is 31.5 Å². The van der Waals surface area contributed by atoms with E-state index >= 15 is 0 Å². The lowest BCUT2D eigenvalue weighted by Crippen LogP contribution is -2.46. The monoisotopic (exact) mass is 368 g/mol. The van der Waals surface area contributed by atoms with E-state index in [1.165, 1.54) is 0 Å². The van der Waals surface area contributed by atoms with Crippen LogP contribution in [0.3, 0.4) is 0 Å². The van der Waals surface area contributed by atoms with E-state index in [-0.39, 0.29) is 29.9 Å². The second-order valence-electron chi connectivity index (χ2n) is 6.44. The van der Waals surface area contributed by atoms with E-state index in [0.717, 1.165) is 12.1 Å². The molecular weight excluding hydrogens is 348 g/mol. The number of H-pyrrole nitrogens is 1. The first-order valence-electron chi connectivity index (χ1n) is 8.89. The zero-order chi connectivity index (χ0) is 19.2. The number of fused-ring (bicyclic) bond motifs is 4. The van der Waals surface area contributed by atoms with Gasteiger partial charge in [0.1, 0.15) is 11.0 Å². The maximum atomic E-state index is 13.4. The predicted octanol–water partition coefficient (Wildman–Crippen LogP) is 1.73. The van der Waals surface area contributed by atoms with Crippen molar-refractivity contribution in [1.82, 2.24) is 10.2 Å². The fraction of sp³-hybridized carbons (Fsp3) is 0.316. The van der Waals surface area contributed by atoms with Gasteiger partial charge in [-0.15, -0.1) is 5.10 Å². The molecule has 2 aliphatic rings. The molecule has 0 bridgehead atoms. The number of nitrogens with one attached hydrogen (secondary N) is 2. The lowest BCUT2D eigenvalue weighted by atomic mass is 9.68. The molecule has 8 nitrogen and oxygen atoms in total. The summed E-state index contributed by atoms with van der Waals surface area (Å²) in [5.41, 5.74) is 7.12. The smallest absolute Gasteiger partial charge is 0.341 e. The lowest BCUT2D eigenvalue weighted by Gasteiger charge is -2.33. The Balaban J connectivity index is 2.08. The van der Waals surface area contributed by atoms with Crippen LogP contribution in [0.2, 0.25) is 0 Å². The lowest BCUT2D eigenvalue weighted by molar-refractivity contribution is -0.140. The predicted molar refractivity (Wildman–Crippen MR) is 96.9 cm³/mol. The Morgan fingerprint density at radius 2 is 2.11 bits per heavy atom. The van der Waals surface area contributed by atoms with Gasteiger partial charge < -0.3 is 20.5 Å². The van der Waals surface area contributed by atoms with Crippen LogP contribution in [0.5, 0.6) is 5.88 Å². The molecule has 4 rings (SSSR count). The summed E-state index contributed by atoms with van der Waals surface area (Å²) >= 11 is 0. The summed E-state index contributed by atoms with van der Waals surface area (Å²) in [6, 6.07) is 7.22. The van der Waals surface area contributed by atoms with E-state index < -0.39 is 11.4 Å². The van der Waals surface area contributed by atoms with Gasteiger partial charge in [-0.05, 0) is 19.4 Å². The summed E-state index contributed by atoms with van der Waals surface area (Å²) in [4.78, 5) is 26.3. The van der Waals surface area contributed by atoms with Crippen LogP contribution >= 0.6 is 0 Å².